The Morgan fingerprint density at radius 3 is 2.43 bits per heavy atom. The van der Waals surface area contributed by atoms with Crippen LogP contribution in [0.5, 0.6) is 5.75 Å². The van der Waals surface area contributed by atoms with E-state index in [1.807, 2.05) is 73.0 Å². The van der Waals surface area contributed by atoms with Gasteiger partial charge in [0.15, 0.2) is 5.16 Å². The summed E-state index contributed by atoms with van der Waals surface area (Å²) in [4.78, 5) is 12.6. The number of aromatic nitrogens is 3. The molecular formula is C27H27FN4O2S. The molecule has 0 aliphatic rings. The molecule has 0 aliphatic heterocycles. The molecule has 35 heavy (non-hydrogen) atoms. The van der Waals surface area contributed by atoms with Crippen LogP contribution in [0.1, 0.15) is 36.8 Å². The number of thioether (sulfide) groups is 1. The third kappa shape index (κ3) is 6.48. The van der Waals surface area contributed by atoms with Crippen molar-refractivity contribution in [1.29, 1.82) is 0 Å². The molecular weight excluding hydrogens is 463 g/mol. The molecule has 0 spiro atoms. The fourth-order valence-corrected chi connectivity index (χ4v) is 4.43. The highest BCUT2D eigenvalue weighted by Gasteiger charge is 2.17. The van der Waals surface area contributed by atoms with Crippen molar-refractivity contribution < 1.29 is 13.9 Å². The van der Waals surface area contributed by atoms with Crippen LogP contribution in [0.3, 0.4) is 0 Å². The van der Waals surface area contributed by atoms with Crippen LogP contribution < -0.4 is 10.1 Å². The van der Waals surface area contributed by atoms with Crippen LogP contribution in [-0.2, 0) is 11.2 Å². The van der Waals surface area contributed by atoms with Gasteiger partial charge in [-0.2, -0.15) is 0 Å². The van der Waals surface area contributed by atoms with Crippen molar-refractivity contribution in [1.82, 2.24) is 20.1 Å². The second-order valence-electron chi connectivity index (χ2n) is 7.95. The zero-order valence-corrected chi connectivity index (χ0v) is 20.5. The Morgan fingerprint density at radius 2 is 1.74 bits per heavy atom. The third-order valence-corrected chi connectivity index (χ3v) is 6.32. The number of hydrogen-bond donors (Lipinski definition) is 1. The van der Waals surface area contributed by atoms with Crippen molar-refractivity contribution in [3.63, 3.8) is 0 Å². The standard InChI is InChI=1S/C27H27FN4O2S/c1-3-34-24-15-13-23(14-16-24)32-25(17-20-7-5-4-6-8-20)30-31-27(32)35-18-26(33)29-19(2)21-9-11-22(28)12-10-21/h4-16,19H,3,17-18H2,1-2H3,(H,29,33). The number of nitrogens with one attached hydrogen (secondary N) is 1. The van der Waals surface area contributed by atoms with Crippen LogP contribution in [0, 0.1) is 5.82 Å². The lowest BCUT2D eigenvalue weighted by molar-refractivity contribution is -0.119. The second kappa shape index (κ2) is 11.7. The number of halogens is 1. The van der Waals surface area contributed by atoms with Crippen molar-refractivity contribution in [2.45, 2.75) is 31.5 Å². The monoisotopic (exact) mass is 490 g/mol. The maximum Gasteiger partial charge on any atom is 0.230 e. The van der Waals surface area contributed by atoms with E-state index in [0.29, 0.717) is 18.2 Å². The molecule has 4 rings (SSSR count). The van der Waals surface area contributed by atoms with Gasteiger partial charge in [0.05, 0.1) is 18.4 Å². The van der Waals surface area contributed by atoms with Gasteiger partial charge in [-0.05, 0) is 61.4 Å². The normalized spacial score (nSPS) is 11.7. The lowest BCUT2D eigenvalue weighted by Gasteiger charge is -2.15. The Kier molecular flexibility index (Phi) is 8.15. The highest BCUT2D eigenvalue weighted by atomic mass is 32.2. The number of amides is 1. The van der Waals surface area contributed by atoms with Gasteiger partial charge in [0.25, 0.3) is 0 Å². The molecule has 0 saturated heterocycles. The van der Waals surface area contributed by atoms with Crippen molar-refractivity contribution in [3.8, 4) is 11.4 Å². The molecule has 1 N–H and O–H groups in total. The zero-order chi connectivity index (χ0) is 24.6. The highest BCUT2D eigenvalue weighted by molar-refractivity contribution is 7.99. The lowest BCUT2D eigenvalue weighted by Crippen LogP contribution is -2.28. The molecule has 4 aromatic rings. The number of carbonyl (C=O) groups excluding carboxylic acids is 1. The van der Waals surface area contributed by atoms with Crippen LogP contribution in [0.2, 0.25) is 0 Å². The van der Waals surface area contributed by atoms with Gasteiger partial charge in [-0.1, -0.05) is 54.2 Å². The highest BCUT2D eigenvalue weighted by Crippen LogP contribution is 2.25. The van der Waals surface area contributed by atoms with Gasteiger partial charge in [-0.3, -0.25) is 9.36 Å². The molecule has 0 fully saturated rings. The van der Waals surface area contributed by atoms with E-state index in [2.05, 4.69) is 15.5 Å². The van der Waals surface area contributed by atoms with Crippen LogP contribution in [0.4, 0.5) is 4.39 Å². The fourth-order valence-electron chi connectivity index (χ4n) is 3.65. The molecule has 1 amide bonds. The molecule has 180 valence electrons. The molecule has 1 heterocycles. The molecule has 0 radical (unpaired) electrons. The van der Waals surface area contributed by atoms with Gasteiger partial charge >= 0.3 is 0 Å². The lowest BCUT2D eigenvalue weighted by atomic mass is 10.1. The summed E-state index contributed by atoms with van der Waals surface area (Å²) in [6, 6.07) is 23.7. The summed E-state index contributed by atoms with van der Waals surface area (Å²) in [5.41, 5.74) is 2.86. The molecule has 0 bridgehead atoms. The molecule has 0 saturated carbocycles. The van der Waals surface area contributed by atoms with E-state index >= 15 is 0 Å². The molecule has 6 nitrogen and oxygen atoms in total. The Bertz CT molecular complexity index is 1240. The summed E-state index contributed by atoms with van der Waals surface area (Å²) >= 11 is 1.32. The first-order valence-corrected chi connectivity index (χ1v) is 12.4. The molecule has 1 aromatic heterocycles. The van der Waals surface area contributed by atoms with Crippen LogP contribution >= 0.6 is 11.8 Å². The molecule has 1 unspecified atom stereocenters. The summed E-state index contributed by atoms with van der Waals surface area (Å²) in [7, 11) is 0. The number of hydrogen-bond acceptors (Lipinski definition) is 5. The minimum absolute atomic E-state index is 0.141. The Morgan fingerprint density at radius 1 is 1.03 bits per heavy atom. The van der Waals surface area contributed by atoms with Gasteiger partial charge in [0, 0.05) is 12.1 Å². The minimum Gasteiger partial charge on any atom is -0.494 e. The molecule has 8 heteroatoms. The quantitative estimate of drug-likeness (QED) is 0.303. The Balaban J connectivity index is 1.51. The Labute approximate surface area is 208 Å². The van der Waals surface area contributed by atoms with E-state index in [1.165, 1.54) is 23.9 Å². The SMILES string of the molecule is CCOc1ccc(-n2c(Cc3ccccc3)nnc2SCC(=O)NC(C)c2ccc(F)cc2)cc1. The van der Waals surface area contributed by atoms with Crippen molar-refractivity contribution >= 4 is 17.7 Å². The van der Waals surface area contributed by atoms with Gasteiger partial charge in [-0.15, -0.1) is 10.2 Å². The number of benzene rings is 3. The average molecular weight is 491 g/mol. The maximum atomic E-state index is 13.2. The van der Waals surface area contributed by atoms with Crippen LogP contribution in [-0.4, -0.2) is 33.0 Å². The van der Waals surface area contributed by atoms with E-state index in [-0.39, 0.29) is 23.5 Å². The summed E-state index contributed by atoms with van der Waals surface area (Å²) < 4.78 is 20.7. The number of carbonyl (C=O) groups is 1. The van der Waals surface area contributed by atoms with Crippen LogP contribution in [0.25, 0.3) is 5.69 Å². The van der Waals surface area contributed by atoms with Crippen molar-refractivity contribution in [2.24, 2.45) is 0 Å². The molecule has 0 aliphatic carbocycles. The third-order valence-electron chi connectivity index (χ3n) is 5.39. The van der Waals surface area contributed by atoms with E-state index < -0.39 is 0 Å². The van der Waals surface area contributed by atoms with Gasteiger partial charge in [0.1, 0.15) is 17.4 Å². The van der Waals surface area contributed by atoms with E-state index in [1.54, 1.807) is 12.1 Å². The van der Waals surface area contributed by atoms with E-state index in [4.69, 9.17) is 4.74 Å². The first kappa shape index (κ1) is 24.5. The van der Waals surface area contributed by atoms with E-state index in [9.17, 15) is 9.18 Å². The molecule has 1 atom stereocenters. The number of nitrogens with zero attached hydrogens (tertiary/aromatic N) is 3. The fraction of sp³-hybridized carbons (Fsp3) is 0.222. The second-order valence-corrected chi connectivity index (χ2v) is 8.90. The smallest absolute Gasteiger partial charge is 0.230 e. The van der Waals surface area contributed by atoms with Crippen molar-refractivity contribution in [3.05, 3.63) is 102 Å². The zero-order valence-electron chi connectivity index (χ0n) is 19.6. The average Bonchev–Trinajstić information content (AvgIpc) is 3.26. The predicted octanol–water partition coefficient (Wildman–Crippen LogP) is 5.37. The summed E-state index contributed by atoms with van der Waals surface area (Å²) in [5, 5.41) is 12.4. The van der Waals surface area contributed by atoms with Crippen LogP contribution in [0.15, 0.2) is 84.0 Å². The van der Waals surface area contributed by atoms with Gasteiger partial charge in [-0.25, -0.2) is 4.39 Å². The minimum atomic E-state index is -0.303. The summed E-state index contributed by atoms with van der Waals surface area (Å²) in [6.45, 7) is 4.41. The first-order chi connectivity index (χ1) is 17.0. The molecule has 3 aromatic carbocycles. The number of ether oxygens (including phenoxy) is 1. The summed E-state index contributed by atoms with van der Waals surface area (Å²) in [5.74, 6) is 1.30. The summed E-state index contributed by atoms with van der Waals surface area (Å²) in [6.07, 6.45) is 0.607. The van der Waals surface area contributed by atoms with E-state index in [0.717, 1.165) is 28.4 Å². The van der Waals surface area contributed by atoms with Gasteiger partial charge < -0.3 is 10.1 Å². The number of rotatable bonds is 10. The van der Waals surface area contributed by atoms with Crippen molar-refractivity contribution in [2.75, 3.05) is 12.4 Å². The largest absolute Gasteiger partial charge is 0.494 e. The Hall–Kier alpha value is -3.65. The van der Waals surface area contributed by atoms with Gasteiger partial charge in [0.2, 0.25) is 5.91 Å². The first-order valence-electron chi connectivity index (χ1n) is 11.4. The topological polar surface area (TPSA) is 69.0 Å². The predicted molar refractivity (Wildman–Crippen MR) is 135 cm³/mol. The maximum absolute atomic E-state index is 13.2.